The third-order valence-corrected chi connectivity index (χ3v) is 7.18. The molecular weight excluding hydrogens is 415 g/mol. The van der Waals surface area contributed by atoms with Gasteiger partial charge in [-0.2, -0.15) is 8.42 Å². The fraction of sp³-hybridized carbons (Fsp3) is 0.0625. The van der Waals surface area contributed by atoms with Crippen LogP contribution in [0.2, 0.25) is 10.0 Å². The first-order valence-electron chi connectivity index (χ1n) is 7.33. The first-order valence-corrected chi connectivity index (χ1v) is 10.3. The summed E-state index contributed by atoms with van der Waals surface area (Å²) in [6.45, 7) is 1.72. The molecule has 0 radical (unpaired) electrons. The molecule has 10 heteroatoms. The summed E-state index contributed by atoms with van der Waals surface area (Å²) in [6, 6.07) is 11.9. The zero-order valence-electron chi connectivity index (χ0n) is 13.5. The molecule has 2 aromatic carbocycles. The van der Waals surface area contributed by atoms with Crippen LogP contribution in [0.15, 0.2) is 51.1 Å². The van der Waals surface area contributed by atoms with Crippen LogP contribution >= 0.6 is 34.5 Å². The minimum absolute atomic E-state index is 0.109. The number of fused-ring (bicyclic) bond motifs is 1. The molecule has 0 saturated carbocycles. The number of anilines is 1. The standard InChI is InChI=1S/C16H14Cl2N4O2S2/c1-9-13-8-11(18)4-7-14(13)25-15(9)26(23,24)22-16(21-19)20-12-5-2-10(17)3-6-12/h2-8H,19H2,1H3,(H2,20,21,22). The molecule has 0 amide bonds. The predicted octanol–water partition coefficient (Wildman–Crippen LogP) is 4.14. The second-order valence-corrected chi connectivity index (χ2v) is 9.07. The molecular formula is C16H14Cl2N4O2S2. The average Bonchev–Trinajstić information content (AvgIpc) is 2.93. The van der Waals surface area contributed by atoms with Gasteiger partial charge < -0.3 is 5.32 Å². The van der Waals surface area contributed by atoms with Gasteiger partial charge in [-0.15, -0.1) is 15.7 Å². The van der Waals surface area contributed by atoms with Gasteiger partial charge in [0.2, 0.25) is 5.96 Å². The first kappa shape index (κ1) is 18.9. The van der Waals surface area contributed by atoms with Crippen molar-refractivity contribution in [2.45, 2.75) is 11.1 Å². The summed E-state index contributed by atoms with van der Waals surface area (Å²) in [5.74, 6) is 5.31. The zero-order chi connectivity index (χ0) is 18.9. The van der Waals surface area contributed by atoms with Crippen LogP contribution < -0.4 is 16.6 Å². The van der Waals surface area contributed by atoms with E-state index in [-0.39, 0.29) is 10.2 Å². The third kappa shape index (κ3) is 3.94. The van der Waals surface area contributed by atoms with E-state index in [0.29, 0.717) is 21.3 Å². The van der Waals surface area contributed by atoms with Gasteiger partial charge in [-0.1, -0.05) is 23.2 Å². The van der Waals surface area contributed by atoms with Gasteiger partial charge in [-0.05, 0) is 60.3 Å². The van der Waals surface area contributed by atoms with Crippen molar-refractivity contribution in [2.24, 2.45) is 10.2 Å². The summed E-state index contributed by atoms with van der Waals surface area (Å²) in [4.78, 5) is 0. The molecule has 0 unspecified atom stereocenters. The topological polar surface area (TPSA) is 96.6 Å². The second-order valence-electron chi connectivity index (χ2n) is 5.35. The van der Waals surface area contributed by atoms with Crippen molar-refractivity contribution in [1.29, 1.82) is 0 Å². The summed E-state index contributed by atoms with van der Waals surface area (Å²) < 4.78 is 30.2. The van der Waals surface area contributed by atoms with Crippen molar-refractivity contribution in [3.63, 3.8) is 0 Å². The van der Waals surface area contributed by atoms with Gasteiger partial charge in [0.15, 0.2) is 0 Å². The molecule has 0 spiro atoms. The van der Waals surface area contributed by atoms with E-state index < -0.39 is 10.0 Å². The maximum absolute atomic E-state index is 12.8. The normalized spacial score (nSPS) is 12.4. The summed E-state index contributed by atoms with van der Waals surface area (Å²) in [5, 5.41) is 4.68. The highest BCUT2D eigenvalue weighted by molar-refractivity contribution is 7.92. The molecule has 26 heavy (non-hydrogen) atoms. The quantitative estimate of drug-likeness (QED) is 0.252. The molecule has 0 fully saturated rings. The van der Waals surface area contributed by atoms with Gasteiger partial charge in [-0.25, -0.2) is 5.84 Å². The van der Waals surface area contributed by atoms with Crippen LogP contribution in [0.5, 0.6) is 0 Å². The van der Waals surface area contributed by atoms with E-state index in [1.165, 1.54) is 0 Å². The first-order chi connectivity index (χ1) is 12.3. The fourth-order valence-electron chi connectivity index (χ4n) is 2.33. The number of aryl methyl sites for hydroxylation is 1. The number of nitrogens with two attached hydrogens (primary N) is 1. The number of thiophene rings is 1. The van der Waals surface area contributed by atoms with Crippen LogP contribution in [-0.4, -0.2) is 14.4 Å². The number of hydrazine groups is 1. The Morgan fingerprint density at radius 1 is 1.12 bits per heavy atom. The lowest BCUT2D eigenvalue weighted by atomic mass is 10.2. The van der Waals surface area contributed by atoms with E-state index in [2.05, 4.69) is 15.1 Å². The number of guanidine groups is 1. The number of nitrogens with zero attached hydrogens (tertiary/aromatic N) is 1. The van der Waals surface area contributed by atoms with E-state index in [1.807, 2.05) is 0 Å². The van der Waals surface area contributed by atoms with Crippen molar-refractivity contribution in [3.05, 3.63) is 58.1 Å². The van der Waals surface area contributed by atoms with E-state index in [0.717, 1.165) is 21.4 Å². The molecule has 0 aliphatic rings. The van der Waals surface area contributed by atoms with Gasteiger partial charge in [-0.3, -0.25) is 5.43 Å². The Kier molecular flexibility index (Phi) is 5.40. The Morgan fingerprint density at radius 3 is 2.42 bits per heavy atom. The lowest BCUT2D eigenvalue weighted by molar-refractivity contribution is 0.599. The maximum Gasteiger partial charge on any atom is 0.295 e. The third-order valence-electron chi connectivity index (χ3n) is 3.54. The van der Waals surface area contributed by atoms with Crippen molar-refractivity contribution >= 4 is 66.3 Å². The smallest absolute Gasteiger partial charge is 0.295 e. The maximum atomic E-state index is 12.8. The molecule has 136 valence electrons. The van der Waals surface area contributed by atoms with Crippen LogP contribution in [0, 0.1) is 6.92 Å². The molecule has 0 saturated heterocycles. The van der Waals surface area contributed by atoms with Gasteiger partial charge in [0, 0.05) is 20.4 Å². The number of sulfonamides is 1. The Hall–Kier alpha value is -1.84. The van der Waals surface area contributed by atoms with Crippen LogP contribution in [-0.2, 0) is 10.0 Å². The molecule has 0 aliphatic carbocycles. The largest absolute Gasteiger partial charge is 0.324 e. The zero-order valence-corrected chi connectivity index (χ0v) is 16.6. The monoisotopic (exact) mass is 428 g/mol. The highest BCUT2D eigenvalue weighted by atomic mass is 35.5. The minimum atomic E-state index is -3.97. The molecule has 3 rings (SSSR count). The SMILES string of the molecule is Cc1c(S(=O)(=O)/N=C(\NN)Nc2ccc(Cl)cc2)sc2ccc(Cl)cc12. The Bertz CT molecular complexity index is 1090. The number of hydrogen-bond acceptors (Lipinski definition) is 4. The predicted molar refractivity (Wildman–Crippen MR) is 109 cm³/mol. The minimum Gasteiger partial charge on any atom is -0.324 e. The van der Waals surface area contributed by atoms with E-state index in [1.54, 1.807) is 49.4 Å². The van der Waals surface area contributed by atoms with Gasteiger partial charge >= 0.3 is 0 Å². The highest BCUT2D eigenvalue weighted by Crippen LogP contribution is 2.36. The Morgan fingerprint density at radius 2 is 1.77 bits per heavy atom. The van der Waals surface area contributed by atoms with Gasteiger partial charge in [0.05, 0.1) is 0 Å². The summed E-state index contributed by atoms with van der Waals surface area (Å²) in [7, 11) is -3.97. The number of nitrogens with one attached hydrogen (secondary N) is 2. The fourth-order valence-corrected chi connectivity index (χ4v) is 5.27. The van der Waals surface area contributed by atoms with Crippen molar-refractivity contribution in [1.82, 2.24) is 5.43 Å². The van der Waals surface area contributed by atoms with Crippen LogP contribution in [0.4, 0.5) is 5.69 Å². The Labute approximate surface area is 164 Å². The lowest BCUT2D eigenvalue weighted by Crippen LogP contribution is -2.36. The number of hydrogen-bond donors (Lipinski definition) is 3. The molecule has 1 aromatic heterocycles. The molecule has 6 nitrogen and oxygen atoms in total. The molecule has 0 aliphatic heterocycles. The second kappa shape index (κ2) is 7.42. The molecule has 4 N–H and O–H groups in total. The molecule has 3 aromatic rings. The van der Waals surface area contributed by atoms with Crippen molar-refractivity contribution in [2.75, 3.05) is 5.32 Å². The van der Waals surface area contributed by atoms with E-state index >= 15 is 0 Å². The average molecular weight is 429 g/mol. The van der Waals surface area contributed by atoms with Crippen LogP contribution in [0.25, 0.3) is 10.1 Å². The van der Waals surface area contributed by atoms with Crippen LogP contribution in [0.1, 0.15) is 5.56 Å². The number of rotatable bonds is 3. The highest BCUT2D eigenvalue weighted by Gasteiger charge is 2.22. The number of benzene rings is 2. The molecule has 0 bridgehead atoms. The Balaban J connectivity index is 1.99. The van der Waals surface area contributed by atoms with E-state index in [9.17, 15) is 8.42 Å². The van der Waals surface area contributed by atoms with E-state index in [4.69, 9.17) is 29.0 Å². The van der Waals surface area contributed by atoms with Crippen molar-refractivity contribution < 1.29 is 8.42 Å². The summed E-state index contributed by atoms with van der Waals surface area (Å²) in [6.07, 6.45) is 0. The lowest BCUT2D eigenvalue weighted by Gasteiger charge is -2.09. The molecule has 0 atom stereocenters. The summed E-state index contributed by atoms with van der Waals surface area (Å²) >= 11 is 13.0. The van der Waals surface area contributed by atoms with Crippen LogP contribution in [0.3, 0.4) is 0 Å². The van der Waals surface area contributed by atoms with Gasteiger partial charge in [0.1, 0.15) is 4.21 Å². The van der Waals surface area contributed by atoms with Gasteiger partial charge in [0.25, 0.3) is 10.0 Å². The molecule has 1 heterocycles. The summed E-state index contributed by atoms with van der Waals surface area (Å²) in [5.41, 5.74) is 3.44. The number of halogens is 2. The van der Waals surface area contributed by atoms with Crippen molar-refractivity contribution in [3.8, 4) is 0 Å².